The summed E-state index contributed by atoms with van der Waals surface area (Å²) >= 11 is 0. The van der Waals surface area contributed by atoms with E-state index in [0.29, 0.717) is 47.0 Å². The Balaban J connectivity index is 1.50. The summed E-state index contributed by atoms with van der Waals surface area (Å²) in [5, 5.41) is 0.701. The number of hydrogen-bond donors (Lipinski definition) is 0. The third-order valence-electron chi connectivity index (χ3n) is 8.00. The first-order valence-corrected chi connectivity index (χ1v) is 15.7. The Morgan fingerprint density at radius 1 is 1.07 bits per heavy atom. The van der Waals surface area contributed by atoms with Crippen LogP contribution in [0.4, 0.5) is 11.7 Å². The van der Waals surface area contributed by atoms with Crippen LogP contribution in [0, 0.1) is 6.92 Å². The number of piperidine rings is 1. The lowest BCUT2D eigenvalue weighted by Crippen LogP contribution is -2.35. The molecule has 3 heterocycles. The fourth-order valence-corrected chi connectivity index (χ4v) is 6.20. The summed E-state index contributed by atoms with van der Waals surface area (Å²) in [5.74, 6) is 0.463. The predicted molar refractivity (Wildman–Crippen MR) is 162 cm³/mol. The average molecular weight is 572 g/mol. The van der Waals surface area contributed by atoms with E-state index in [1.807, 2.05) is 68.4 Å². The molecule has 0 unspecified atom stereocenters. The Hall–Kier alpha value is -4.11. The van der Waals surface area contributed by atoms with Crippen molar-refractivity contribution in [3.8, 4) is 11.3 Å². The standard InChI is InChI=1S/C32H33N3O5S/c1-5-27(36)30-24-17-23(22-9-8-16-35(19-22)32-33-25-10-6-7-11-28(25)40-32)26(34(3)41(4,37)38)18-29(24)39-31(30)21-14-12-20(2)13-15-21/h6-7,10-15,17-18,22H,5,8-9,16,19H2,1-4H3/t22-/m1/s1. The summed E-state index contributed by atoms with van der Waals surface area (Å²) in [6.45, 7) is 5.23. The zero-order valence-corrected chi connectivity index (χ0v) is 24.5. The number of anilines is 2. The smallest absolute Gasteiger partial charge is 0.298 e. The highest BCUT2D eigenvalue weighted by Gasteiger charge is 2.31. The van der Waals surface area contributed by atoms with Gasteiger partial charge in [0, 0.05) is 49.5 Å². The van der Waals surface area contributed by atoms with Gasteiger partial charge in [-0.1, -0.05) is 48.9 Å². The van der Waals surface area contributed by atoms with Gasteiger partial charge in [0.15, 0.2) is 11.4 Å². The molecule has 5 aromatic rings. The van der Waals surface area contributed by atoms with Crippen molar-refractivity contribution < 1.29 is 22.0 Å². The van der Waals surface area contributed by atoms with Crippen molar-refractivity contribution >= 4 is 49.6 Å². The second kappa shape index (κ2) is 10.4. The van der Waals surface area contributed by atoms with Crippen LogP contribution in [0.25, 0.3) is 33.4 Å². The van der Waals surface area contributed by atoms with Gasteiger partial charge in [-0.2, -0.15) is 4.98 Å². The van der Waals surface area contributed by atoms with Crippen LogP contribution in [0.5, 0.6) is 0 Å². The number of furan rings is 1. The molecule has 0 aliphatic carbocycles. The van der Waals surface area contributed by atoms with Crippen LogP contribution in [0.3, 0.4) is 0 Å². The molecule has 1 fully saturated rings. The molecular weight excluding hydrogens is 538 g/mol. The molecule has 8 nitrogen and oxygen atoms in total. The second-order valence-corrected chi connectivity index (χ2v) is 12.8. The molecule has 9 heteroatoms. The zero-order chi connectivity index (χ0) is 28.9. The van der Waals surface area contributed by atoms with Crippen molar-refractivity contribution in [2.24, 2.45) is 0 Å². The van der Waals surface area contributed by atoms with Crippen molar-refractivity contribution in [2.45, 2.75) is 39.0 Å². The number of Topliss-reactive ketones (excluding diaryl/α,β-unsaturated/α-hetero) is 1. The largest absolute Gasteiger partial charge is 0.455 e. The van der Waals surface area contributed by atoms with E-state index in [9.17, 15) is 13.2 Å². The van der Waals surface area contributed by atoms with Crippen LogP contribution >= 0.6 is 0 Å². The minimum atomic E-state index is -3.57. The predicted octanol–water partition coefficient (Wildman–Crippen LogP) is 6.92. The lowest BCUT2D eigenvalue weighted by atomic mass is 9.88. The molecule has 2 aromatic heterocycles. The molecule has 1 aliphatic rings. The Morgan fingerprint density at radius 3 is 2.54 bits per heavy atom. The summed E-state index contributed by atoms with van der Waals surface area (Å²) in [6, 6.07) is 19.8. The number of benzene rings is 3. The highest BCUT2D eigenvalue weighted by atomic mass is 32.2. The van der Waals surface area contributed by atoms with E-state index in [2.05, 4.69) is 4.90 Å². The number of aryl methyl sites for hydroxylation is 1. The maximum absolute atomic E-state index is 13.3. The Labute approximate surface area is 239 Å². The zero-order valence-electron chi connectivity index (χ0n) is 23.7. The highest BCUT2D eigenvalue weighted by Crippen LogP contribution is 2.42. The summed E-state index contributed by atoms with van der Waals surface area (Å²) in [7, 11) is -2.01. The van der Waals surface area contributed by atoms with E-state index in [4.69, 9.17) is 13.8 Å². The first-order valence-electron chi connectivity index (χ1n) is 13.9. The van der Waals surface area contributed by atoms with E-state index in [1.54, 1.807) is 13.1 Å². The van der Waals surface area contributed by atoms with Crippen molar-refractivity contribution in [3.05, 3.63) is 77.4 Å². The molecule has 41 heavy (non-hydrogen) atoms. The minimum Gasteiger partial charge on any atom is -0.455 e. The topological polar surface area (TPSA) is 96.9 Å². The molecule has 1 atom stereocenters. The van der Waals surface area contributed by atoms with E-state index in [0.717, 1.165) is 47.2 Å². The van der Waals surface area contributed by atoms with Gasteiger partial charge in [0.25, 0.3) is 6.01 Å². The molecule has 0 bridgehead atoms. The number of oxazole rings is 1. The second-order valence-electron chi connectivity index (χ2n) is 10.8. The number of rotatable bonds is 7. The molecule has 0 saturated carbocycles. The Bertz CT molecular complexity index is 1840. The highest BCUT2D eigenvalue weighted by molar-refractivity contribution is 7.92. The van der Waals surface area contributed by atoms with Gasteiger partial charge < -0.3 is 13.7 Å². The SMILES string of the molecule is CCC(=O)c1c(-c2ccc(C)cc2)oc2cc(N(C)S(C)(=O)=O)c([C@@H]3CCCN(c4nc5ccccc5o4)C3)cc12. The van der Waals surface area contributed by atoms with E-state index < -0.39 is 10.0 Å². The van der Waals surface area contributed by atoms with Crippen molar-refractivity contribution in [1.29, 1.82) is 0 Å². The van der Waals surface area contributed by atoms with Crippen LogP contribution in [0.1, 0.15) is 53.6 Å². The molecule has 0 amide bonds. The van der Waals surface area contributed by atoms with Crippen LogP contribution in [-0.4, -0.2) is 45.6 Å². The number of ketones is 1. The van der Waals surface area contributed by atoms with E-state index >= 15 is 0 Å². The number of fused-ring (bicyclic) bond motifs is 2. The van der Waals surface area contributed by atoms with Gasteiger partial charge in [0.2, 0.25) is 10.0 Å². The number of sulfonamides is 1. The molecule has 6 rings (SSSR count). The van der Waals surface area contributed by atoms with Gasteiger partial charge in [-0.05, 0) is 43.5 Å². The molecule has 212 valence electrons. The molecular formula is C32H33N3O5S. The third-order valence-corrected chi connectivity index (χ3v) is 9.19. The maximum Gasteiger partial charge on any atom is 0.298 e. The first kappa shape index (κ1) is 27.1. The molecule has 3 aromatic carbocycles. The van der Waals surface area contributed by atoms with Gasteiger partial charge >= 0.3 is 0 Å². The molecule has 0 N–H and O–H groups in total. The molecule has 1 aliphatic heterocycles. The molecule has 0 radical (unpaired) electrons. The van der Waals surface area contributed by atoms with Crippen molar-refractivity contribution in [2.75, 3.05) is 35.6 Å². The van der Waals surface area contributed by atoms with Gasteiger partial charge in [0.1, 0.15) is 16.9 Å². The summed E-state index contributed by atoms with van der Waals surface area (Å²) in [6.07, 6.45) is 3.25. The minimum absolute atomic E-state index is 0.0220. The average Bonchev–Trinajstić information content (AvgIpc) is 3.57. The van der Waals surface area contributed by atoms with Crippen molar-refractivity contribution in [3.63, 3.8) is 0 Å². The number of carbonyl (C=O) groups excluding carboxylic acids is 1. The van der Waals surface area contributed by atoms with Gasteiger partial charge in [-0.15, -0.1) is 0 Å². The summed E-state index contributed by atoms with van der Waals surface area (Å²) in [5.41, 5.74) is 5.86. The normalized spacial score (nSPS) is 16.0. The van der Waals surface area contributed by atoms with Crippen LogP contribution in [0.2, 0.25) is 0 Å². The number of carbonyl (C=O) groups is 1. The van der Waals surface area contributed by atoms with Crippen LogP contribution in [-0.2, 0) is 10.0 Å². The molecule has 0 spiro atoms. The monoisotopic (exact) mass is 571 g/mol. The fraction of sp³-hybridized carbons (Fsp3) is 0.312. The Morgan fingerprint density at radius 2 is 1.83 bits per heavy atom. The summed E-state index contributed by atoms with van der Waals surface area (Å²) < 4.78 is 39.3. The summed E-state index contributed by atoms with van der Waals surface area (Å²) in [4.78, 5) is 20.2. The first-order chi connectivity index (χ1) is 19.6. The number of nitrogens with zero attached hydrogens (tertiary/aromatic N) is 3. The maximum atomic E-state index is 13.3. The lowest BCUT2D eigenvalue weighted by molar-refractivity contribution is 0.0989. The Kier molecular flexibility index (Phi) is 6.85. The quantitative estimate of drug-likeness (QED) is 0.196. The van der Waals surface area contributed by atoms with Gasteiger partial charge in [0.05, 0.1) is 17.5 Å². The van der Waals surface area contributed by atoms with Crippen LogP contribution < -0.4 is 9.21 Å². The van der Waals surface area contributed by atoms with Gasteiger partial charge in [-0.25, -0.2) is 8.42 Å². The number of hydrogen-bond acceptors (Lipinski definition) is 7. The fourth-order valence-electron chi connectivity index (χ4n) is 5.69. The molecule has 1 saturated heterocycles. The lowest BCUT2D eigenvalue weighted by Gasteiger charge is -2.34. The van der Waals surface area contributed by atoms with Crippen LogP contribution in [0.15, 0.2) is 69.5 Å². The van der Waals surface area contributed by atoms with E-state index in [1.165, 1.54) is 10.6 Å². The number of para-hydroxylation sites is 2. The van der Waals surface area contributed by atoms with Crippen molar-refractivity contribution in [1.82, 2.24) is 4.98 Å². The third kappa shape index (κ3) is 4.99. The van der Waals surface area contributed by atoms with E-state index in [-0.39, 0.29) is 11.7 Å². The number of aromatic nitrogens is 1. The van der Waals surface area contributed by atoms with Gasteiger partial charge in [-0.3, -0.25) is 9.10 Å².